The molecule has 0 radical (unpaired) electrons. The molecular weight excluding hydrogens is 286 g/mol. The van der Waals surface area contributed by atoms with Gasteiger partial charge in [0.05, 0.1) is 24.5 Å². The minimum absolute atomic E-state index is 0.190. The number of carbonyl (C=O) groups excluding carboxylic acids is 1. The Bertz CT molecular complexity index is 517. The SMILES string of the molecule is Cc1coc(CC(=O)O)c1C(=O)NCCOC1CCCCC1. The number of carbonyl (C=O) groups is 2. The lowest BCUT2D eigenvalue weighted by atomic mass is 9.98. The summed E-state index contributed by atoms with van der Waals surface area (Å²) in [6, 6.07) is 0. The van der Waals surface area contributed by atoms with Crippen LogP contribution in [0.5, 0.6) is 0 Å². The van der Waals surface area contributed by atoms with Gasteiger partial charge in [0.1, 0.15) is 12.2 Å². The van der Waals surface area contributed by atoms with Gasteiger partial charge in [0.15, 0.2) is 0 Å². The Morgan fingerprint density at radius 2 is 2.09 bits per heavy atom. The Morgan fingerprint density at radius 3 is 2.77 bits per heavy atom. The summed E-state index contributed by atoms with van der Waals surface area (Å²) in [7, 11) is 0. The van der Waals surface area contributed by atoms with Crippen LogP contribution >= 0.6 is 0 Å². The van der Waals surface area contributed by atoms with Crippen LogP contribution in [-0.2, 0) is 16.0 Å². The molecule has 1 aliphatic carbocycles. The Hall–Kier alpha value is -1.82. The van der Waals surface area contributed by atoms with Crippen molar-refractivity contribution in [2.24, 2.45) is 0 Å². The van der Waals surface area contributed by atoms with Gasteiger partial charge < -0.3 is 19.6 Å². The van der Waals surface area contributed by atoms with Gasteiger partial charge in [0, 0.05) is 12.1 Å². The zero-order valence-corrected chi connectivity index (χ0v) is 12.9. The molecule has 6 nitrogen and oxygen atoms in total. The third-order valence-electron chi connectivity index (χ3n) is 3.88. The monoisotopic (exact) mass is 309 g/mol. The number of furan rings is 1. The van der Waals surface area contributed by atoms with Crippen LogP contribution in [0, 0.1) is 6.92 Å². The molecule has 0 aromatic carbocycles. The first-order chi connectivity index (χ1) is 10.6. The topological polar surface area (TPSA) is 88.8 Å². The van der Waals surface area contributed by atoms with Gasteiger partial charge in [-0.15, -0.1) is 0 Å². The first kappa shape index (κ1) is 16.5. The van der Waals surface area contributed by atoms with Crippen molar-refractivity contribution in [3.05, 3.63) is 23.2 Å². The van der Waals surface area contributed by atoms with Crippen LogP contribution in [0.15, 0.2) is 10.7 Å². The first-order valence-electron chi connectivity index (χ1n) is 7.76. The summed E-state index contributed by atoms with van der Waals surface area (Å²) in [6.45, 7) is 2.61. The molecule has 1 aromatic heterocycles. The molecule has 0 bridgehead atoms. The highest BCUT2D eigenvalue weighted by Crippen LogP contribution is 2.20. The summed E-state index contributed by atoms with van der Waals surface area (Å²) in [5.74, 6) is -1.14. The lowest BCUT2D eigenvalue weighted by Gasteiger charge is -2.22. The van der Waals surface area contributed by atoms with E-state index < -0.39 is 5.97 Å². The number of hydrogen-bond donors (Lipinski definition) is 2. The van der Waals surface area contributed by atoms with Crippen LogP contribution in [-0.4, -0.2) is 36.2 Å². The van der Waals surface area contributed by atoms with E-state index in [2.05, 4.69) is 5.32 Å². The average Bonchev–Trinajstić information content (AvgIpc) is 2.84. The number of rotatable bonds is 7. The summed E-state index contributed by atoms with van der Waals surface area (Å²) < 4.78 is 10.9. The van der Waals surface area contributed by atoms with Crippen molar-refractivity contribution in [2.45, 2.75) is 51.6 Å². The van der Waals surface area contributed by atoms with Crippen molar-refractivity contribution >= 4 is 11.9 Å². The molecule has 2 rings (SSSR count). The zero-order chi connectivity index (χ0) is 15.9. The maximum atomic E-state index is 12.2. The molecule has 1 amide bonds. The fraction of sp³-hybridized carbons (Fsp3) is 0.625. The van der Waals surface area contributed by atoms with Crippen molar-refractivity contribution in [1.29, 1.82) is 0 Å². The molecule has 6 heteroatoms. The maximum Gasteiger partial charge on any atom is 0.311 e. The third kappa shape index (κ3) is 4.59. The van der Waals surface area contributed by atoms with Crippen LogP contribution in [0.25, 0.3) is 0 Å². The Kier molecular flexibility index (Phi) is 6.00. The van der Waals surface area contributed by atoms with Gasteiger partial charge >= 0.3 is 5.97 Å². The second-order valence-corrected chi connectivity index (χ2v) is 5.67. The van der Waals surface area contributed by atoms with Crippen molar-refractivity contribution in [2.75, 3.05) is 13.2 Å². The molecule has 22 heavy (non-hydrogen) atoms. The van der Waals surface area contributed by atoms with Crippen LogP contribution in [0.4, 0.5) is 0 Å². The Balaban J connectivity index is 1.79. The second kappa shape index (κ2) is 7.98. The van der Waals surface area contributed by atoms with E-state index in [0.717, 1.165) is 12.8 Å². The molecule has 0 spiro atoms. The lowest BCUT2D eigenvalue weighted by molar-refractivity contribution is -0.136. The van der Waals surface area contributed by atoms with Crippen molar-refractivity contribution < 1.29 is 23.8 Å². The summed E-state index contributed by atoms with van der Waals surface area (Å²) >= 11 is 0. The van der Waals surface area contributed by atoms with Crippen LogP contribution in [0.2, 0.25) is 0 Å². The number of carboxylic acids is 1. The van der Waals surface area contributed by atoms with Gasteiger partial charge in [-0.25, -0.2) is 0 Å². The average molecular weight is 309 g/mol. The molecule has 0 saturated heterocycles. The summed E-state index contributed by atoms with van der Waals surface area (Å²) in [5.41, 5.74) is 0.960. The number of nitrogens with one attached hydrogen (secondary N) is 1. The predicted molar refractivity (Wildman–Crippen MR) is 79.9 cm³/mol. The highest BCUT2D eigenvalue weighted by atomic mass is 16.5. The molecule has 1 saturated carbocycles. The molecule has 0 aliphatic heterocycles. The number of aliphatic carboxylic acids is 1. The molecule has 1 heterocycles. The fourth-order valence-electron chi connectivity index (χ4n) is 2.78. The minimum atomic E-state index is -1.02. The molecule has 1 fully saturated rings. The Labute approximate surface area is 129 Å². The molecular formula is C16H23NO5. The van der Waals surface area contributed by atoms with Gasteiger partial charge in [-0.2, -0.15) is 0 Å². The highest BCUT2D eigenvalue weighted by Gasteiger charge is 2.20. The number of carboxylic acid groups (broad SMARTS) is 1. The minimum Gasteiger partial charge on any atom is -0.481 e. The Morgan fingerprint density at radius 1 is 1.36 bits per heavy atom. The molecule has 1 aliphatic rings. The van der Waals surface area contributed by atoms with Crippen molar-refractivity contribution in [1.82, 2.24) is 5.32 Å². The molecule has 122 valence electrons. The van der Waals surface area contributed by atoms with Crippen molar-refractivity contribution in [3.63, 3.8) is 0 Å². The van der Waals surface area contributed by atoms with Crippen molar-refractivity contribution in [3.8, 4) is 0 Å². The maximum absolute atomic E-state index is 12.2. The number of ether oxygens (including phenoxy) is 1. The van der Waals surface area contributed by atoms with Gasteiger partial charge in [0.25, 0.3) is 5.91 Å². The summed E-state index contributed by atoms with van der Waals surface area (Å²) in [6.07, 6.45) is 7.32. The second-order valence-electron chi connectivity index (χ2n) is 5.67. The predicted octanol–water partition coefficient (Wildman–Crippen LogP) is 2.29. The van der Waals surface area contributed by atoms with Gasteiger partial charge in [0.2, 0.25) is 0 Å². The quantitative estimate of drug-likeness (QED) is 0.754. The van der Waals surface area contributed by atoms with Gasteiger partial charge in [-0.3, -0.25) is 9.59 Å². The van der Waals surface area contributed by atoms with E-state index in [9.17, 15) is 9.59 Å². The van der Waals surface area contributed by atoms with Gasteiger partial charge in [-0.05, 0) is 19.8 Å². The molecule has 0 unspecified atom stereocenters. The molecule has 2 N–H and O–H groups in total. The number of amides is 1. The third-order valence-corrected chi connectivity index (χ3v) is 3.88. The number of aryl methyl sites for hydroxylation is 1. The van der Waals surface area contributed by atoms with E-state index in [-0.39, 0.29) is 18.1 Å². The van der Waals surface area contributed by atoms with Crippen LogP contribution in [0.3, 0.4) is 0 Å². The smallest absolute Gasteiger partial charge is 0.311 e. The first-order valence-corrected chi connectivity index (χ1v) is 7.76. The van der Waals surface area contributed by atoms with Crippen LogP contribution < -0.4 is 5.32 Å². The van der Waals surface area contributed by atoms with Crippen LogP contribution in [0.1, 0.15) is 53.8 Å². The van der Waals surface area contributed by atoms with Gasteiger partial charge in [-0.1, -0.05) is 19.3 Å². The fourth-order valence-corrected chi connectivity index (χ4v) is 2.78. The number of hydrogen-bond acceptors (Lipinski definition) is 4. The molecule has 1 aromatic rings. The lowest BCUT2D eigenvalue weighted by Crippen LogP contribution is -2.30. The van der Waals surface area contributed by atoms with E-state index in [1.807, 2.05) is 0 Å². The highest BCUT2D eigenvalue weighted by molar-refractivity contribution is 5.97. The zero-order valence-electron chi connectivity index (χ0n) is 12.9. The van der Waals surface area contributed by atoms with E-state index in [1.54, 1.807) is 6.92 Å². The normalized spacial score (nSPS) is 15.7. The standard InChI is InChI=1S/C16H23NO5/c1-11-10-22-13(9-14(18)19)15(11)16(20)17-7-8-21-12-5-3-2-4-6-12/h10,12H,2-9H2,1H3,(H,17,20)(H,18,19). The van der Waals surface area contributed by atoms with E-state index >= 15 is 0 Å². The summed E-state index contributed by atoms with van der Waals surface area (Å²) in [4.78, 5) is 22.9. The van der Waals surface area contributed by atoms with E-state index in [1.165, 1.54) is 25.5 Å². The van der Waals surface area contributed by atoms with E-state index in [0.29, 0.717) is 30.4 Å². The summed E-state index contributed by atoms with van der Waals surface area (Å²) in [5, 5.41) is 11.6. The largest absolute Gasteiger partial charge is 0.481 e. The van der Waals surface area contributed by atoms with E-state index in [4.69, 9.17) is 14.3 Å². The molecule has 0 atom stereocenters.